The zero-order chi connectivity index (χ0) is 13.2. The van der Waals surface area contributed by atoms with Crippen LogP contribution in [-0.2, 0) is 12.7 Å². The molecule has 0 radical (unpaired) electrons. The smallest absolute Gasteiger partial charge is 0.373 e. The Morgan fingerprint density at radius 3 is 2.56 bits per heavy atom. The molecule has 0 amide bonds. The maximum absolute atomic E-state index is 12.4. The van der Waals surface area contributed by atoms with E-state index in [0.717, 1.165) is 18.0 Å². The van der Waals surface area contributed by atoms with Gasteiger partial charge in [-0.15, -0.1) is 0 Å². The molecular formula is C11H11F3N4. The van der Waals surface area contributed by atoms with E-state index in [1.54, 1.807) is 25.4 Å². The molecule has 0 atom stereocenters. The second-order valence-corrected chi connectivity index (χ2v) is 3.73. The molecule has 0 saturated heterocycles. The number of pyridine rings is 1. The zero-order valence-corrected chi connectivity index (χ0v) is 9.57. The van der Waals surface area contributed by atoms with Crippen LogP contribution in [0, 0.1) is 0 Å². The Morgan fingerprint density at radius 1 is 1.28 bits per heavy atom. The molecule has 0 saturated carbocycles. The molecule has 2 heterocycles. The van der Waals surface area contributed by atoms with Crippen LogP contribution in [0.1, 0.15) is 11.1 Å². The topological polar surface area (TPSA) is 42.7 Å². The monoisotopic (exact) mass is 256 g/mol. The van der Waals surface area contributed by atoms with Gasteiger partial charge >= 0.3 is 6.18 Å². The fourth-order valence-electron chi connectivity index (χ4n) is 1.45. The van der Waals surface area contributed by atoms with E-state index >= 15 is 0 Å². The van der Waals surface area contributed by atoms with Crippen molar-refractivity contribution in [2.75, 3.05) is 12.4 Å². The molecule has 0 unspecified atom stereocenters. The van der Waals surface area contributed by atoms with Gasteiger partial charge in [-0.05, 0) is 11.6 Å². The number of aromatic nitrogens is 3. The van der Waals surface area contributed by atoms with E-state index in [-0.39, 0.29) is 6.54 Å². The molecular weight excluding hydrogens is 245 g/mol. The highest BCUT2D eigenvalue weighted by Gasteiger charge is 2.32. The molecule has 18 heavy (non-hydrogen) atoms. The molecule has 2 aromatic rings. The van der Waals surface area contributed by atoms with E-state index in [0.29, 0.717) is 5.82 Å². The van der Waals surface area contributed by atoms with Crippen molar-refractivity contribution in [3.63, 3.8) is 0 Å². The summed E-state index contributed by atoms with van der Waals surface area (Å²) < 4.78 is 38.3. The van der Waals surface area contributed by atoms with E-state index in [1.807, 2.05) is 0 Å². The predicted molar refractivity (Wildman–Crippen MR) is 60.1 cm³/mol. The van der Waals surface area contributed by atoms with Crippen LogP contribution in [0.25, 0.3) is 0 Å². The average Bonchev–Trinajstić information content (AvgIpc) is 2.78. The fourth-order valence-corrected chi connectivity index (χ4v) is 1.45. The lowest BCUT2D eigenvalue weighted by Crippen LogP contribution is -2.04. The van der Waals surface area contributed by atoms with Crippen molar-refractivity contribution in [2.24, 2.45) is 0 Å². The first-order valence-corrected chi connectivity index (χ1v) is 5.21. The lowest BCUT2D eigenvalue weighted by Gasteiger charge is -2.04. The van der Waals surface area contributed by atoms with Gasteiger partial charge in [0.05, 0.1) is 18.3 Å². The molecule has 0 aliphatic heterocycles. The van der Waals surface area contributed by atoms with Gasteiger partial charge in [0.25, 0.3) is 0 Å². The highest BCUT2D eigenvalue weighted by molar-refractivity contribution is 5.34. The van der Waals surface area contributed by atoms with Gasteiger partial charge < -0.3 is 5.32 Å². The third-order valence-corrected chi connectivity index (χ3v) is 2.39. The maximum atomic E-state index is 12.4. The first-order chi connectivity index (χ1) is 8.49. The minimum atomic E-state index is -4.35. The molecule has 2 rings (SSSR count). The number of hydrogen-bond donors (Lipinski definition) is 1. The average molecular weight is 256 g/mol. The molecule has 0 spiro atoms. The maximum Gasteiger partial charge on any atom is 0.419 e. The molecule has 0 fully saturated rings. The van der Waals surface area contributed by atoms with Crippen molar-refractivity contribution in [1.29, 1.82) is 0 Å². The van der Waals surface area contributed by atoms with Crippen molar-refractivity contribution >= 4 is 5.82 Å². The molecule has 0 aliphatic rings. The third kappa shape index (κ3) is 2.79. The van der Waals surface area contributed by atoms with Gasteiger partial charge in [-0.3, -0.25) is 4.68 Å². The van der Waals surface area contributed by atoms with Crippen molar-refractivity contribution in [2.45, 2.75) is 12.7 Å². The quantitative estimate of drug-likeness (QED) is 0.916. The lowest BCUT2D eigenvalue weighted by molar-refractivity contribution is -0.137. The molecule has 0 aliphatic carbocycles. The van der Waals surface area contributed by atoms with Gasteiger partial charge in [0.2, 0.25) is 0 Å². The molecule has 96 valence electrons. The summed E-state index contributed by atoms with van der Waals surface area (Å²) in [7, 11) is 1.74. The summed E-state index contributed by atoms with van der Waals surface area (Å²) in [6.07, 6.45) is -0.964. The predicted octanol–water partition coefficient (Wildman–Crippen LogP) is 2.39. The Bertz CT molecular complexity index is 516. The van der Waals surface area contributed by atoms with Crippen LogP contribution in [0.5, 0.6) is 0 Å². The number of anilines is 1. The van der Waals surface area contributed by atoms with Gasteiger partial charge in [-0.25, -0.2) is 4.98 Å². The summed E-state index contributed by atoms with van der Waals surface area (Å²) in [6.45, 7) is 0.257. The second kappa shape index (κ2) is 4.67. The Morgan fingerprint density at radius 2 is 2.06 bits per heavy atom. The standard InChI is InChI=1S/C11H11F3N4/c1-15-10-3-2-8(4-16-10)6-18-7-9(5-17-18)11(12,13)14/h2-5,7H,6H2,1H3,(H,15,16). The van der Waals surface area contributed by atoms with Crippen LogP contribution >= 0.6 is 0 Å². The lowest BCUT2D eigenvalue weighted by atomic mass is 10.3. The number of hydrogen-bond acceptors (Lipinski definition) is 3. The molecule has 7 heteroatoms. The number of rotatable bonds is 3. The summed E-state index contributed by atoms with van der Waals surface area (Å²) >= 11 is 0. The largest absolute Gasteiger partial charge is 0.419 e. The first-order valence-electron chi connectivity index (χ1n) is 5.21. The van der Waals surface area contributed by atoms with Crippen LogP contribution in [-0.4, -0.2) is 21.8 Å². The summed E-state index contributed by atoms with van der Waals surface area (Å²) in [4.78, 5) is 4.07. The van der Waals surface area contributed by atoms with Crippen LogP contribution < -0.4 is 5.32 Å². The number of halogens is 3. The van der Waals surface area contributed by atoms with Gasteiger partial charge in [0.1, 0.15) is 5.82 Å². The van der Waals surface area contributed by atoms with Crippen molar-refractivity contribution in [3.05, 3.63) is 41.9 Å². The van der Waals surface area contributed by atoms with Gasteiger partial charge in [-0.1, -0.05) is 6.07 Å². The summed E-state index contributed by atoms with van der Waals surface area (Å²) in [5.41, 5.74) is 0.0353. The minimum absolute atomic E-state index is 0.257. The normalized spacial score (nSPS) is 11.6. The van der Waals surface area contributed by atoms with E-state index in [9.17, 15) is 13.2 Å². The molecule has 2 aromatic heterocycles. The van der Waals surface area contributed by atoms with Crippen molar-refractivity contribution in [1.82, 2.24) is 14.8 Å². The zero-order valence-electron chi connectivity index (χ0n) is 9.57. The minimum Gasteiger partial charge on any atom is -0.373 e. The van der Waals surface area contributed by atoms with Gasteiger partial charge in [0.15, 0.2) is 0 Å². The summed E-state index contributed by atoms with van der Waals surface area (Å²) in [6, 6.07) is 3.54. The number of alkyl halides is 3. The fraction of sp³-hybridized carbons (Fsp3) is 0.273. The molecule has 4 nitrogen and oxygen atoms in total. The third-order valence-electron chi connectivity index (χ3n) is 2.39. The Kier molecular flexibility index (Phi) is 3.22. The van der Waals surface area contributed by atoms with Crippen molar-refractivity contribution < 1.29 is 13.2 Å². The molecule has 0 aromatic carbocycles. The Labute approximate surface area is 101 Å². The van der Waals surface area contributed by atoms with Crippen molar-refractivity contribution in [3.8, 4) is 0 Å². The second-order valence-electron chi connectivity index (χ2n) is 3.73. The Balaban J connectivity index is 2.11. The van der Waals surface area contributed by atoms with Gasteiger partial charge in [0, 0.05) is 19.4 Å². The van der Waals surface area contributed by atoms with Crippen LogP contribution in [0.3, 0.4) is 0 Å². The van der Waals surface area contributed by atoms with E-state index in [1.165, 1.54) is 4.68 Å². The number of nitrogens with one attached hydrogen (secondary N) is 1. The highest BCUT2D eigenvalue weighted by atomic mass is 19.4. The van der Waals surface area contributed by atoms with Crippen LogP contribution in [0.15, 0.2) is 30.7 Å². The van der Waals surface area contributed by atoms with Crippen LogP contribution in [0.2, 0.25) is 0 Å². The van der Waals surface area contributed by atoms with Crippen LogP contribution in [0.4, 0.5) is 19.0 Å². The SMILES string of the molecule is CNc1ccc(Cn2cc(C(F)(F)F)cn2)cn1. The number of nitrogens with zero attached hydrogens (tertiary/aromatic N) is 3. The van der Waals surface area contributed by atoms with E-state index < -0.39 is 11.7 Å². The van der Waals surface area contributed by atoms with E-state index in [4.69, 9.17) is 0 Å². The summed E-state index contributed by atoms with van der Waals surface area (Å²) in [5, 5.41) is 6.53. The molecule has 0 bridgehead atoms. The molecule has 1 N–H and O–H groups in total. The Hall–Kier alpha value is -2.05. The first kappa shape index (κ1) is 12.4. The highest BCUT2D eigenvalue weighted by Crippen LogP contribution is 2.28. The van der Waals surface area contributed by atoms with Gasteiger partial charge in [-0.2, -0.15) is 18.3 Å². The van der Waals surface area contributed by atoms with E-state index in [2.05, 4.69) is 15.4 Å². The summed E-state index contributed by atoms with van der Waals surface area (Å²) in [5.74, 6) is 0.704.